The Morgan fingerprint density at radius 2 is 1.95 bits per heavy atom. The molecule has 0 saturated carbocycles. The van der Waals surface area contributed by atoms with Gasteiger partial charge in [-0.15, -0.1) is 0 Å². The largest absolute Gasteiger partial charge is 0.435 e. The molecular weight excluding hydrogens is 350 g/mol. The lowest BCUT2D eigenvalue weighted by Crippen LogP contribution is -1.98. The first-order valence-corrected chi connectivity index (χ1v) is 6.68. The molecule has 0 amide bonds. The van der Waals surface area contributed by atoms with Crippen LogP contribution in [0.4, 0.5) is 5.69 Å². The number of nitro benzene ring substituents is 1. The van der Waals surface area contributed by atoms with E-state index in [1.807, 2.05) is 0 Å². The molecule has 0 N–H and O–H groups in total. The Balaban J connectivity index is 2.43. The van der Waals surface area contributed by atoms with Gasteiger partial charge in [-0.05, 0) is 35.8 Å². The number of nitro groups is 1. The number of aromatic nitrogens is 2. The number of ether oxygens (including phenoxy) is 1. The Labute approximate surface area is 128 Å². The van der Waals surface area contributed by atoms with Crippen LogP contribution in [-0.2, 0) is 0 Å². The number of halogens is 2. The van der Waals surface area contributed by atoms with Crippen molar-refractivity contribution in [2.45, 2.75) is 13.8 Å². The van der Waals surface area contributed by atoms with Gasteiger partial charge in [-0.1, -0.05) is 17.7 Å². The van der Waals surface area contributed by atoms with Crippen LogP contribution in [0.5, 0.6) is 11.6 Å². The number of aryl methyl sites for hydroxylation is 2. The van der Waals surface area contributed by atoms with Crippen molar-refractivity contribution in [3.05, 3.63) is 49.3 Å². The maximum atomic E-state index is 10.9. The first kappa shape index (κ1) is 14.7. The molecule has 0 aliphatic carbocycles. The van der Waals surface area contributed by atoms with Gasteiger partial charge in [0.2, 0.25) is 0 Å². The quantitative estimate of drug-likeness (QED) is 0.606. The SMILES string of the molecule is Cc1nc(Cl)c(Oc2cccc([N+](=O)[O-])c2Br)nc1C. The predicted octanol–water partition coefficient (Wildman–Crippen LogP) is 4.21. The highest BCUT2D eigenvalue weighted by Crippen LogP contribution is 2.37. The van der Waals surface area contributed by atoms with Crippen molar-refractivity contribution in [2.24, 2.45) is 0 Å². The summed E-state index contributed by atoms with van der Waals surface area (Å²) in [5.74, 6) is 0.356. The van der Waals surface area contributed by atoms with E-state index in [9.17, 15) is 10.1 Å². The van der Waals surface area contributed by atoms with Crippen LogP contribution >= 0.6 is 27.5 Å². The lowest BCUT2D eigenvalue weighted by Gasteiger charge is -2.09. The summed E-state index contributed by atoms with van der Waals surface area (Å²) in [7, 11) is 0. The molecule has 0 unspecified atom stereocenters. The van der Waals surface area contributed by atoms with Gasteiger partial charge in [-0.25, -0.2) is 9.97 Å². The van der Waals surface area contributed by atoms with Crippen LogP contribution in [0.2, 0.25) is 5.15 Å². The van der Waals surface area contributed by atoms with Crippen molar-refractivity contribution in [2.75, 3.05) is 0 Å². The first-order valence-electron chi connectivity index (χ1n) is 5.51. The van der Waals surface area contributed by atoms with Crippen LogP contribution in [0, 0.1) is 24.0 Å². The third-order valence-corrected chi connectivity index (χ3v) is 3.62. The third-order valence-electron chi connectivity index (χ3n) is 2.58. The summed E-state index contributed by atoms with van der Waals surface area (Å²) in [6, 6.07) is 4.45. The Morgan fingerprint density at radius 3 is 2.60 bits per heavy atom. The van der Waals surface area contributed by atoms with Crippen LogP contribution in [0.15, 0.2) is 22.7 Å². The van der Waals surface area contributed by atoms with E-state index in [1.165, 1.54) is 12.1 Å². The summed E-state index contributed by atoms with van der Waals surface area (Å²) < 4.78 is 5.73. The zero-order chi connectivity index (χ0) is 14.9. The minimum absolute atomic E-state index is 0.101. The molecule has 0 fully saturated rings. The molecule has 0 aliphatic heterocycles. The topological polar surface area (TPSA) is 78.2 Å². The van der Waals surface area contributed by atoms with Gasteiger partial charge in [-0.2, -0.15) is 0 Å². The molecule has 104 valence electrons. The van der Waals surface area contributed by atoms with Crippen molar-refractivity contribution in [3.63, 3.8) is 0 Å². The van der Waals surface area contributed by atoms with E-state index in [0.29, 0.717) is 11.4 Å². The van der Waals surface area contributed by atoms with E-state index in [4.69, 9.17) is 16.3 Å². The molecule has 0 aliphatic rings. The van der Waals surface area contributed by atoms with Crippen molar-refractivity contribution in [1.29, 1.82) is 0 Å². The monoisotopic (exact) mass is 357 g/mol. The molecule has 2 rings (SSSR count). The fourth-order valence-corrected chi connectivity index (χ4v) is 2.14. The second kappa shape index (κ2) is 5.72. The molecular formula is C12H9BrClN3O3. The minimum atomic E-state index is -0.509. The second-order valence-electron chi connectivity index (χ2n) is 3.94. The number of hydrogen-bond donors (Lipinski definition) is 0. The van der Waals surface area contributed by atoms with E-state index in [2.05, 4.69) is 25.9 Å². The number of hydrogen-bond acceptors (Lipinski definition) is 5. The highest BCUT2D eigenvalue weighted by molar-refractivity contribution is 9.10. The van der Waals surface area contributed by atoms with Gasteiger partial charge >= 0.3 is 0 Å². The first-order chi connectivity index (χ1) is 9.40. The molecule has 20 heavy (non-hydrogen) atoms. The van der Waals surface area contributed by atoms with Crippen LogP contribution < -0.4 is 4.74 Å². The van der Waals surface area contributed by atoms with Crippen LogP contribution in [0.1, 0.15) is 11.4 Å². The van der Waals surface area contributed by atoms with Gasteiger partial charge in [0.1, 0.15) is 4.47 Å². The van der Waals surface area contributed by atoms with Crippen molar-refractivity contribution in [1.82, 2.24) is 9.97 Å². The van der Waals surface area contributed by atoms with Gasteiger partial charge in [0.05, 0.1) is 16.3 Å². The van der Waals surface area contributed by atoms with Gasteiger partial charge in [0.15, 0.2) is 10.9 Å². The van der Waals surface area contributed by atoms with Gasteiger partial charge in [-0.3, -0.25) is 10.1 Å². The smallest absolute Gasteiger partial charge is 0.287 e. The van der Waals surface area contributed by atoms with E-state index in [1.54, 1.807) is 19.9 Å². The van der Waals surface area contributed by atoms with E-state index in [-0.39, 0.29) is 26.9 Å². The zero-order valence-electron chi connectivity index (χ0n) is 10.6. The average Bonchev–Trinajstić information content (AvgIpc) is 2.37. The summed E-state index contributed by atoms with van der Waals surface area (Å²) in [6.45, 7) is 3.55. The molecule has 6 nitrogen and oxygen atoms in total. The number of benzene rings is 1. The molecule has 1 aromatic carbocycles. The maximum absolute atomic E-state index is 10.9. The van der Waals surface area contributed by atoms with Crippen molar-refractivity contribution in [3.8, 4) is 11.6 Å². The summed E-state index contributed by atoms with van der Waals surface area (Å²) in [6.07, 6.45) is 0. The Bertz CT molecular complexity index is 694. The van der Waals surface area contributed by atoms with E-state index >= 15 is 0 Å². The van der Waals surface area contributed by atoms with Gasteiger partial charge in [0, 0.05) is 6.07 Å². The van der Waals surface area contributed by atoms with Gasteiger partial charge in [0.25, 0.3) is 11.6 Å². The standard InChI is InChI=1S/C12H9BrClN3O3/c1-6-7(2)16-12(11(14)15-6)20-9-5-3-4-8(10(9)13)17(18)19/h3-5H,1-2H3. The second-order valence-corrected chi connectivity index (χ2v) is 5.09. The molecule has 0 atom stereocenters. The summed E-state index contributed by atoms with van der Waals surface area (Å²) in [5.41, 5.74) is 1.27. The summed E-state index contributed by atoms with van der Waals surface area (Å²) in [5, 5.41) is 11.0. The molecule has 0 spiro atoms. The van der Waals surface area contributed by atoms with Crippen LogP contribution in [0.3, 0.4) is 0 Å². The lowest BCUT2D eigenvalue weighted by molar-refractivity contribution is -0.385. The Kier molecular flexibility index (Phi) is 4.20. The molecule has 1 aromatic heterocycles. The van der Waals surface area contributed by atoms with Gasteiger partial charge < -0.3 is 4.74 Å². The molecule has 0 radical (unpaired) electrons. The predicted molar refractivity (Wildman–Crippen MR) is 77.4 cm³/mol. The fraction of sp³-hybridized carbons (Fsp3) is 0.167. The molecule has 1 heterocycles. The number of rotatable bonds is 3. The third kappa shape index (κ3) is 2.88. The zero-order valence-corrected chi connectivity index (χ0v) is 12.9. The molecule has 0 saturated heterocycles. The fourth-order valence-electron chi connectivity index (χ4n) is 1.44. The normalized spacial score (nSPS) is 10.4. The molecule has 0 bridgehead atoms. The lowest BCUT2D eigenvalue weighted by atomic mass is 10.3. The highest BCUT2D eigenvalue weighted by Gasteiger charge is 2.18. The minimum Gasteiger partial charge on any atom is -0.435 e. The average molecular weight is 359 g/mol. The van der Waals surface area contributed by atoms with E-state index < -0.39 is 4.92 Å². The van der Waals surface area contributed by atoms with Crippen LogP contribution in [-0.4, -0.2) is 14.9 Å². The highest BCUT2D eigenvalue weighted by atomic mass is 79.9. The van der Waals surface area contributed by atoms with E-state index in [0.717, 1.165) is 0 Å². The molecule has 2 aromatic rings. The maximum Gasteiger partial charge on any atom is 0.287 e. The van der Waals surface area contributed by atoms with Crippen LogP contribution in [0.25, 0.3) is 0 Å². The van der Waals surface area contributed by atoms with Crippen molar-refractivity contribution < 1.29 is 9.66 Å². The Morgan fingerprint density at radius 1 is 1.30 bits per heavy atom. The Hall–Kier alpha value is -1.73. The molecule has 8 heteroatoms. The number of nitrogens with zero attached hydrogens (tertiary/aromatic N) is 3. The summed E-state index contributed by atoms with van der Waals surface area (Å²) >= 11 is 9.10. The summed E-state index contributed by atoms with van der Waals surface area (Å²) in [4.78, 5) is 18.6. The van der Waals surface area contributed by atoms with Crippen molar-refractivity contribution >= 4 is 33.2 Å².